The first kappa shape index (κ1) is 20.1. The molecule has 0 N–H and O–H groups in total. The summed E-state index contributed by atoms with van der Waals surface area (Å²) in [6.07, 6.45) is 1.28. The molecule has 2 saturated heterocycles. The van der Waals surface area contributed by atoms with E-state index in [2.05, 4.69) is 0 Å². The summed E-state index contributed by atoms with van der Waals surface area (Å²) in [5, 5.41) is 1.43. The second-order valence-corrected chi connectivity index (χ2v) is 9.18. The van der Waals surface area contributed by atoms with Gasteiger partial charge in [0.05, 0.1) is 11.5 Å². The molecular weight excluding hydrogens is 392 g/mol. The minimum absolute atomic E-state index is 0.0222. The number of carbonyl (C=O) groups excluding carboxylic acids is 1. The van der Waals surface area contributed by atoms with Gasteiger partial charge in [-0.05, 0) is 31.9 Å². The summed E-state index contributed by atoms with van der Waals surface area (Å²) in [5.74, 6) is 0.653. The number of piperazine rings is 1. The molecule has 29 heavy (non-hydrogen) atoms. The van der Waals surface area contributed by atoms with Crippen LogP contribution in [0.5, 0.6) is 5.75 Å². The number of hydrogen-bond acceptors (Lipinski definition) is 5. The fourth-order valence-electron chi connectivity index (χ4n) is 4.01. The molecule has 0 bridgehead atoms. The first-order valence-corrected chi connectivity index (χ1v) is 11.5. The highest BCUT2D eigenvalue weighted by molar-refractivity contribution is 7.89. The monoisotopic (exact) mass is 418 g/mol. The molecule has 156 valence electrons. The van der Waals surface area contributed by atoms with E-state index >= 15 is 0 Å². The third-order valence-electron chi connectivity index (χ3n) is 5.52. The van der Waals surface area contributed by atoms with E-state index in [4.69, 9.17) is 9.47 Å². The Morgan fingerprint density at radius 2 is 1.83 bits per heavy atom. The predicted octanol–water partition coefficient (Wildman–Crippen LogP) is 2.25. The third-order valence-corrected chi connectivity index (χ3v) is 7.47. The third kappa shape index (κ3) is 3.84. The van der Waals surface area contributed by atoms with Gasteiger partial charge in [-0.15, -0.1) is 0 Å². The summed E-state index contributed by atoms with van der Waals surface area (Å²) in [4.78, 5) is 14.5. The van der Waals surface area contributed by atoms with Gasteiger partial charge in [-0.25, -0.2) is 8.42 Å². The molecule has 0 unspecified atom stereocenters. The van der Waals surface area contributed by atoms with Crippen molar-refractivity contribution in [2.45, 2.75) is 30.8 Å². The van der Waals surface area contributed by atoms with Gasteiger partial charge in [-0.2, -0.15) is 4.31 Å². The van der Waals surface area contributed by atoms with Crippen LogP contribution in [0, 0.1) is 0 Å². The highest BCUT2D eigenvalue weighted by Crippen LogP contribution is 2.33. The average molecular weight is 419 g/mol. The van der Waals surface area contributed by atoms with Crippen LogP contribution in [0.2, 0.25) is 0 Å². The van der Waals surface area contributed by atoms with E-state index in [0.29, 0.717) is 37.4 Å². The van der Waals surface area contributed by atoms with Gasteiger partial charge in [0.25, 0.3) is 5.91 Å². The summed E-state index contributed by atoms with van der Waals surface area (Å²) < 4.78 is 39.3. The lowest BCUT2D eigenvalue weighted by atomic mass is 10.1. The summed E-state index contributed by atoms with van der Waals surface area (Å²) in [5.41, 5.74) is 0. The molecule has 2 heterocycles. The highest BCUT2D eigenvalue weighted by atomic mass is 32.2. The number of benzene rings is 2. The van der Waals surface area contributed by atoms with Crippen LogP contribution in [0.25, 0.3) is 10.8 Å². The van der Waals surface area contributed by atoms with E-state index in [1.807, 2.05) is 31.2 Å². The Morgan fingerprint density at radius 3 is 2.48 bits per heavy atom. The maximum Gasteiger partial charge on any atom is 0.251 e. The van der Waals surface area contributed by atoms with Gasteiger partial charge in [0.2, 0.25) is 10.0 Å². The number of sulfonamides is 1. The maximum absolute atomic E-state index is 13.4. The molecule has 0 aliphatic carbocycles. The average Bonchev–Trinajstić information content (AvgIpc) is 3.28. The van der Waals surface area contributed by atoms with E-state index in [9.17, 15) is 13.2 Å². The molecule has 2 aromatic carbocycles. The second kappa shape index (κ2) is 8.30. The first-order valence-electron chi connectivity index (χ1n) is 10.1. The van der Waals surface area contributed by atoms with Gasteiger partial charge < -0.3 is 14.4 Å². The quantitative estimate of drug-likeness (QED) is 0.744. The first-order chi connectivity index (χ1) is 14.0. The van der Waals surface area contributed by atoms with Crippen molar-refractivity contribution >= 4 is 26.7 Å². The van der Waals surface area contributed by atoms with E-state index in [-0.39, 0.29) is 30.0 Å². The standard InChI is InChI=1S/C21H26N2O5S/c1-2-27-18-9-10-20(17-7-4-3-6-16(17)18)29(25,26)23-13-11-22(12-14-23)21(24)19-8-5-15-28-19/h3-4,6-7,9-10,19H,2,5,8,11-15H2,1H3/t19-/m1/s1. The Labute approximate surface area is 171 Å². The molecule has 2 aliphatic heterocycles. The largest absolute Gasteiger partial charge is 0.493 e. The lowest BCUT2D eigenvalue weighted by Gasteiger charge is -2.35. The van der Waals surface area contributed by atoms with Crippen LogP contribution >= 0.6 is 0 Å². The fraction of sp³-hybridized carbons (Fsp3) is 0.476. The Morgan fingerprint density at radius 1 is 1.10 bits per heavy atom. The summed E-state index contributed by atoms with van der Waals surface area (Å²) in [6.45, 7) is 4.35. The molecule has 0 saturated carbocycles. The number of amides is 1. The molecule has 7 nitrogen and oxygen atoms in total. The fourth-order valence-corrected chi connectivity index (χ4v) is 5.63. The number of hydrogen-bond donors (Lipinski definition) is 0. The van der Waals surface area contributed by atoms with E-state index < -0.39 is 10.0 Å². The van der Waals surface area contributed by atoms with Crippen LogP contribution in [0.1, 0.15) is 19.8 Å². The molecular formula is C21H26N2O5S. The van der Waals surface area contributed by atoms with Crippen LogP contribution in [-0.4, -0.2) is 69.0 Å². The molecule has 0 spiro atoms. The van der Waals surface area contributed by atoms with Gasteiger partial charge in [0, 0.05) is 43.6 Å². The van der Waals surface area contributed by atoms with Gasteiger partial charge >= 0.3 is 0 Å². The SMILES string of the molecule is CCOc1ccc(S(=O)(=O)N2CCN(C(=O)[C@H]3CCCO3)CC2)c2ccccc12. The lowest BCUT2D eigenvalue weighted by molar-refractivity contribution is -0.142. The zero-order valence-corrected chi connectivity index (χ0v) is 17.4. The van der Waals surface area contributed by atoms with Crippen LogP contribution in [0.15, 0.2) is 41.3 Å². The minimum Gasteiger partial charge on any atom is -0.493 e. The highest BCUT2D eigenvalue weighted by Gasteiger charge is 2.34. The van der Waals surface area contributed by atoms with Gasteiger partial charge in [-0.3, -0.25) is 4.79 Å². The lowest BCUT2D eigenvalue weighted by Crippen LogP contribution is -2.52. The van der Waals surface area contributed by atoms with Gasteiger partial charge in [-0.1, -0.05) is 24.3 Å². The Hall–Kier alpha value is -2.16. The Kier molecular flexibility index (Phi) is 5.76. The summed E-state index contributed by atoms with van der Waals surface area (Å²) >= 11 is 0. The van der Waals surface area contributed by atoms with Crippen molar-refractivity contribution in [1.82, 2.24) is 9.21 Å². The molecule has 1 amide bonds. The van der Waals surface area contributed by atoms with E-state index in [1.54, 1.807) is 17.0 Å². The molecule has 2 aromatic rings. The van der Waals surface area contributed by atoms with Crippen LogP contribution in [-0.2, 0) is 19.6 Å². The van der Waals surface area contributed by atoms with Crippen molar-refractivity contribution in [2.24, 2.45) is 0 Å². The van der Waals surface area contributed by atoms with Crippen LogP contribution < -0.4 is 4.74 Å². The van der Waals surface area contributed by atoms with Gasteiger partial charge in [0.15, 0.2) is 0 Å². The topological polar surface area (TPSA) is 76.2 Å². The smallest absolute Gasteiger partial charge is 0.251 e. The minimum atomic E-state index is -3.68. The predicted molar refractivity (Wildman–Crippen MR) is 109 cm³/mol. The molecule has 1 atom stereocenters. The molecule has 4 rings (SSSR count). The van der Waals surface area contributed by atoms with E-state index in [0.717, 1.165) is 18.2 Å². The normalized spacial score (nSPS) is 20.9. The van der Waals surface area contributed by atoms with Crippen LogP contribution in [0.3, 0.4) is 0 Å². The maximum atomic E-state index is 13.4. The van der Waals surface area contributed by atoms with E-state index in [1.165, 1.54) is 4.31 Å². The van der Waals surface area contributed by atoms with Crippen molar-refractivity contribution in [2.75, 3.05) is 39.4 Å². The van der Waals surface area contributed by atoms with Crippen LogP contribution in [0.4, 0.5) is 0 Å². The molecule has 2 fully saturated rings. The molecule has 0 aromatic heterocycles. The van der Waals surface area contributed by atoms with Crippen molar-refractivity contribution in [3.05, 3.63) is 36.4 Å². The summed E-state index contributed by atoms with van der Waals surface area (Å²) in [6, 6.07) is 10.7. The Bertz CT molecular complexity index is 993. The number of fused-ring (bicyclic) bond motifs is 1. The Balaban J connectivity index is 1.55. The molecule has 0 radical (unpaired) electrons. The number of carbonyl (C=O) groups is 1. The van der Waals surface area contributed by atoms with Crippen molar-refractivity contribution < 1.29 is 22.7 Å². The van der Waals surface area contributed by atoms with Crippen molar-refractivity contribution in [1.29, 1.82) is 0 Å². The summed E-state index contributed by atoms with van der Waals surface area (Å²) in [7, 11) is -3.68. The zero-order valence-electron chi connectivity index (χ0n) is 16.5. The molecule has 8 heteroatoms. The number of rotatable bonds is 5. The zero-order chi connectivity index (χ0) is 20.4. The second-order valence-electron chi connectivity index (χ2n) is 7.27. The van der Waals surface area contributed by atoms with Gasteiger partial charge in [0.1, 0.15) is 11.9 Å². The number of nitrogens with zero attached hydrogens (tertiary/aromatic N) is 2. The number of ether oxygens (including phenoxy) is 2. The van der Waals surface area contributed by atoms with Crippen molar-refractivity contribution in [3.63, 3.8) is 0 Å². The molecule has 2 aliphatic rings. The van der Waals surface area contributed by atoms with Crippen molar-refractivity contribution in [3.8, 4) is 5.75 Å².